The van der Waals surface area contributed by atoms with Crippen molar-refractivity contribution in [3.8, 4) is 11.1 Å². The summed E-state index contributed by atoms with van der Waals surface area (Å²) in [5.41, 5.74) is 4.01. The van der Waals surface area contributed by atoms with Crippen molar-refractivity contribution < 1.29 is 4.79 Å². The van der Waals surface area contributed by atoms with Crippen LogP contribution in [0.3, 0.4) is 0 Å². The molecule has 0 bridgehead atoms. The molecule has 0 heterocycles. The number of nitrogens with one attached hydrogen (secondary N) is 1. The molecule has 0 fully saturated rings. The van der Waals surface area contributed by atoms with Gasteiger partial charge in [0.2, 0.25) is 0 Å². The molecule has 2 nitrogen and oxygen atoms in total. The summed E-state index contributed by atoms with van der Waals surface area (Å²) in [6.45, 7) is 2.18. The zero-order valence-electron chi connectivity index (χ0n) is 16.3. The molecule has 0 unspecified atom stereocenters. The third-order valence-electron chi connectivity index (χ3n) is 4.75. The normalized spacial score (nSPS) is 12.0. The summed E-state index contributed by atoms with van der Waals surface area (Å²) < 4.78 is 0. The average Bonchev–Trinajstić information content (AvgIpc) is 2.77. The Hall–Kier alpha value is -3.13. The van der Waals surface area contributed by atoms with Crippen LogP contribution in [0.25, 0.3) is 11.1 Å². The second kappa shape index (κ2) is 10.3. The summed E-state index contributed by atoms with van der Waals surface area (Å²) >= 11 is 0. The van der Waals surface area contributed by atoms with E-state index in [-0.39, 0.29) is 11.9 Å². The van der Waals surface area contributed by atoms with E-state index >= 15 is 0 Å². The molecule has 1 N–H and O–H groups in total. The van der Waals surface area contributed by atoms with Crippen LogP contribution in [-0.2, 0) is 0 Å². The largest absolute Gasteiger partial charge is 0.342 e. The molecule has 0 aliphatic heterocycles. The first-order valence-electron chi connectivity index (χ1n) is 9.96. The Morgan fingerprint density at radius 1 is 0.857 bits per heavy atom. The van der Waals surface area contributed by atoms with Crippen LogP contribution in [0.1, 0.15) is 48.1 Å². The zero-order valence-corrected chi connectivity index (χ0v) is 16.3. The number of rotatable bonds is 8. The van der Waals surface area contributed by atoms with E-state index in [4.69, 9.17) is 0 Å². The van der Waals surface area contributed by atoms with E-state index in [1.165, 1.54) is 6.42 Å². The van der Waals surface area contributed by atoms with Gasteiger partial charge in [0, 0.05) is 5.56 Å². The van der Waals surface area contributed by atoms with Gasteiger partial charge in [0.25, 0.3) is 5.91 Å². The molecule has 0 radical (unpaired) electrons. The number of benzene rings is 3. The molecule has 0 saturated carbocycles. The van der Waals surface area contributed by atoms with Crippen molar-refractivity contribution in [3.05, 3.63) is 108 Å². The third-order valence-corrected chi connectivity index (χ3v) is 4.75. The second-order valence-corrected chi connectivity index (χ2v) is 6.88. The van der Waals surface area contributed by atoms with Gasteiger partial charge in [-0.15, -0.1) is 0 Å². The molecule has 3 rings (SSSR count). The van der Waals surface area contributed by atoms with Crippen molar-refractivity contribution in [2.45, 2.75) is 32.2 Å². The Balaban J connectivity index is 1.73. The van der Waals surface area contributed by atoms with E-state index in [1.807, 2.05) is 72.8 Å². The summed E-state index contributed by atoms with van der Waals surface area (Å²) in [5.74, 6) is -0.0615. The van der Waals surface area contributed by atoms with Crippen molar-refractivity contribution in [1.29, 1.82) is 0 Å². The quantitative estimate of drug-likeness (QED) is 0.353. The maximum absolute atomic E-state index is 12.8. The predicted molar refractivity (Wildman–Crippen MR) is 117 cm³/mol. The van der Waals surface area contributed by atoms with Crippen LogP contribution in [0, 0.1) is 0 Å². The zero-order chi connectivity index (χ0) is 19.6. The van der Waals surface area contributed by atoms with E-state index in [0.717, 1.165) is 29.5 Å². The molecular formula is C26H27NO. The summed E-state index contributed by atoms with van der Waals surface area (Å²) in [6.07, 6.45) is 7.62. The van der Waals surface area contributed by atoms with Gasteiger partial charge in [-0.3, -0.25) is 4.79 Å². The van der Waals surface area contributed by atoms with Crippen LogP contribution in [0.2, 0.25) is 0 Å². The van der Waals surface area contributed by atoms with Gasteiger partial charge in [-0.05, 0) is 35.2 Å². The molecule has 2 heteroatoms. The molecule has 3 aromatic carbocycles. The standard InChI is InChI=1S/C26H27NO/c1-2-3-4-11-16-25(23-14-9-6-10-15-23)27-26(28)24-19-17-22(18-20-24)21-12-7-5-8-13-21/h5-20,25H,2-4H2,1H3,(H,27,28)/t25-/m1/s1. The van der Waals surface area contributed by atoms with E-state index in [9.17, 15) is 4.79 Å². The fraction of sp³-hybridized carbons (Fsp3) is 0.192. The number of carbonyl (C=O) groups is 1. The molecule has 1 atom stereocenters. The third kappa shape index (κ3) is 5.43. The van der Waals surface area contributed by atoms with Gasteiger partial charge in [-0.1, -0.05) is 105 Å². The summed E-state index contributed by atoms with van der Waals surface area (Å²) in [5, 5.41) is 3.16. The number of allylic oxidation sites excluding steroid dienone is 1. The minimum atomic E-state index is -0.126. The lowest BCUT2D eigenvalue weighted by molar-refractivity contribution is 0.0944. The smallest absolute Gasteiger partial charge is 0.252 e. The van der Waals surface area contributed by atoms with Gasteiger partial charge in [-0.2, -0.15) is 0 Å². The van der Waals surface area contributed by atoms with Crippen LogP contribution in [0.5, 0.6) is 0 Å². The van der Waals surface area contributed by atoms with Crippen molar-refractivity contribution in [2.24, 2.45) is 0 Å². The molecular weight excluding hydrogens is 342 g/mol. The first kappa shape index (κ1) is 19.6. The van der Waals surface area contributed by atoms with Gasteiger partial charge in [0.15, 0.2) is 0 Å². The lowest BCUT2D eigenvalue weighted by Gasteiger charge is -2.16. The van der Waals surface area contributed by atoms with Crippen LogP contribution in [0.4, 0.5) is 0 Å². The second-order valence-electron chi connectivity index (χ2n) is 6.88. The van der Waals surface area contributed by atoms with Crippen molar-refractivity contribution >= 4 is 5.91 Å². The Kier molecular flexibility index (Phi) is 7.20. The highest BCUT2D eigenvalue weighted by atomic mass is 16.1. The van der Waals surface area contributed by atoms with E-state index in [2.05, 4.69) is 36.5 Å². The maximum Gasteiger partial charge on any atom is 0.252 e. The molecule has 0 aromatic heterocycles. The first-order chi connectivity index (χ1) is 13.8. The lowest BCUT2D eigenvalue weighted by Crippen LogP contribution is -2.27. The Morgan fingerprint density at radius 3 is 2.11 bits per heavy atom. The van der Waals surface area contributed by atoms with E-state index < -0.39 is 0 Å². The van der Waals surface area contributed by atoms with Gasteiger partial charge >= 0.3 is 0 Å². The molecule has 142 valence electrons. The van der Waals surface area contributed by atoms with Gasteiger partial charge in [-0.25, -0.2) is 0 Å². The van der Waals surface area contributed by atoms with Crippen LogP contribution in [0.15, 0.2) is 97.1 Å². The summed E-state index contributed by atoms with van der Waals surface area (Å²) in [4.78, 5) is 12.8. The minimum absolute atomic E-state index is 0.0615. The highest BCUT2D eigenvalue weighted by Crippen LogP contribution is 2.20. The molecule has 3 aromatic rings. The SMILES string of the molecule is CCCCC=C[C@@H](NC(=O)c1ccc(-c2ccccc2)cc1)c1ccccc1. The lowest BCUT2D eigenvalue weighted by atomic mass is 10.0. The molecule has 0 spiro atoms. The van der Waals surface area contributed by atoms with Crippen LogP contribution < -0.4 is 5.32 Å². The van der Waals surface area contributed by atoms with Gasteiger partial charge in [0.05, 0.1) is 6.04 Å². The fourth-order valence-corrected chi connectivity index (χ4v) is 3.13. The Bertz CT molecular complexity index is 883. The van der Waals surface area contributed by atoms with Crippen molar-refractivity contribution in [2.75, 3.05) is 0 Å². The number of carbonyl (C=O) groups excluding carboxylic acids is 1. The number of hydrogen-bond acceptors (Lipinski definition) is 1. The Labute approximate surface area is 167 Å². The molecule has 0 aliphatic carbocycles. The van der Waals surface area contributed by atoms with Crippen molar-refractivity contribution in [1.82, 2.24) is 5.32 Å². The number of unbranched alkanes of at least 4 members (excludes halogenated alkanes) is 2. The summed E-state index contributed by atoms with van der Waals surface area (Å²) in [7, 11) is 0. The monoisotopic (exact) mass is 369 g/mol. The van der Waals surface area contributed by atoms with Gasteiger partial charge < -0.3 is 5.32 Å². The maximum atomic E-state index is 12.8. The van der Waals surface area contributed by atoms with Crippen LogP contribution >= 0.6 is 0 Å². The van der Waals surface area contributed by atoms with Crippen LogP contribution in [-0.4, -0.2) is 5.91 Å². The highest BCUT2D eigenvalue weighted by Gasteiger charge is 2.13. The summed E-state index contributed by atoms with van der Waals surface area (Å²) in [6, 6.07) is 27.9. The fourth-order valence-electron chi connectivity index (χ4n) is 3.13. The average molecular weight is 370 g/mol. The molecule has 28 heavy (non-hydrogen) atoms. The van der Waals surface area contributed by atoms with Crippen molar-refractivity contribution in [3.63, 3.8) is 0 Å². The van der Waals surface area contributed by atoms with Gasteiger partial charge in [0.1, 0.15) is 0 Å². The minimum Gasteiger partial charge on any atom is -0.342 e. The topological polar surface area (TPSA) is 29.1 Å². The Morgan fingerprint density at radius 2 is 1.46 bits per heavy atom. The highest BCUT2D eigenvalue weighted by molar-refractivity contribution is 5.95. The molecule has 0 saturated heterocycles. The molecule has 0 aliphatic rings. The van der Waals surface area contributed by atoms with E-state index in [1.54, 1.807) is 0 Å². The first-order valence-corrected chi connectivity index (χ1v) is 9.96. The van der Waals surface area contributed by atoms with E-state index in [0.29, 0.717) is 5.56 Å². The number of hydrogen-bond donors (Lipinski definition) is 1. The molecule has 1 amide bonds. The predicted octanol–water partition coefficient (Wildman–Crippen LogP) is 6.57. The number of amides is 1.